The fraction of sp³-hybridized carbons (Fsp3) is 0.222. The number of carbonyl (C=O) groups excluding carboxylic acids is 2. The quantitative estimate of drug-likeness (QED) is 0.400. The van der Waals surface area contributed by atoms with Crippen molar-refractivity contribution in [1.29, 1.82) is 0 Å². The van der Waals surface area contributed by atoms with Crippen LogP contribution in [0.2, 0.25) is 0 Å². The van der Waals surface area contributed by atoms with Gasteiger partial charge in [0.2, 0.25) is 0 Å². The van der Waals surface area contributed by atoms with Crippen LogP contribution in [0.15, 0.2) is 66.7 Å². The van der Waals surface area contributed by atoms with Gasteiger partial charge in [0.1, 0.15) is 11.6 Å². The number of anilines is 1. The zero-order valence-electron chi connectivity index (χ0n) is 20.1. The molecule has 0 aliphatic rings. The minimum atomic E-state index is -0.463. The van der Waals surface area contributed by atoms with Gasteiger partial charge >= 0.3 is 0 Å². The maximum Gasteiger partial charge on any atom is 0.255 e. The van der Waals surface area contributed by atoms with Gasteiger partial charge in [0.05, 0.1) is 16.6 Å². The number of aryl methyl sites for hydroxylation is 1. The number of hydrogen-bond acceptors (Lipinski definition) is 4. The van der Waals surface area contributed by atoms with E-state index >= 15 is 0 Å². The van der Waals surface area contributed by atoms with Crippen LogP contribution in [0.4, 0.5) is 10.1 Å². The molecule has 3 aromatic carbocycles. The van der Waals surface area contributed by atoms with Gasteiger partial charge in [-0.2, -0.15) is 0 Å². The van der Waals surface area contributed by atoms with Crippen LogP contribution in [0.1, 0.15) is 40.4 Å². The number of halogens is 1. The summed E-state index contributed by atoms with van der Waals surface area (Å²) in [4.78, 5) is 29.9. The van der Waals surface area contributed by atoms with Crippen molar-refractivity contribution in [3.8, 4) is 5.69 Å². The SMILES string of the molecule is COC(C)(C)CNC(=O)c1ccc(NC(=O)c2ccc3nc(C)n(-c4ccc(F)cc4)c3c2)cc1. The molecule has 0 saturated carbocycles. The van der Waals surface area contributed by atoms with Gasteiger partial charge in [-0.15, -0.1) is 0 Å². The van der Waals surface area contributed by atoms with E-state index in [0.717, 1.165) is 22.5 Å². The second kappa shape index (κ2) is 9.68. The molecule has 0 aliphatic carbocycles. The monoisotopic (exact) mass is 474 g/mol. The lowest BCUT2D eigenvalue weighted by atomic mass is 10.1. The molecular formula is C27H27FN4O3. The highest BCUT2D eigenvalue weighted by molar-refractivity contribution is 6.06. The van der Waals surface area contributed by atoms with Crippen LogP contribution in [0.5, 0.6) is 0 Å². The molecule has 0 spiro atoms. The number of rotatable bonds is 7. The van der Waals surface area contributed by atoms with Gasteiger partial charge in [0.15, 0.2) is 0 Å². The van der Waals surface area contributed by atoms with Crippen molar-refractivity contribution < 1.29 is 18.7 Å². The third kappa shape index (κ3) is 5.38. The summed E-state index contributed by atoms with van der Waals surface area (Å²) in [5, 5.41) is 5.69. The smallest absolute Gasteiger partial charge is 0.255 e. The fourth-order valence-corrected chi connectivity index (χ4v) is 3.63. The first-order chi connectivity index (χ1) is 16.7. The molecule has 180 valence electrons. The Labute approximate surface area is 202 Å². The predicted octanol–water partition coefficient (Wildman–Crippen LogP) is 4.88. The maximum absolute atomic E-state index is 13.4. The Morgan fingerprint density at radius 1 is 0.971 bits per heavy atom. The van der Waals surface area contributed by atoms with Crippen molar-refractivity contribution in [3.05, 3.63) is 89.5 Å². The van der Waals surface area contributed by atoms with E-state index in [-0.39, 0.29) is 17.6 Å². The topological polar surface area (TPSA) is 85.2 Å². The number of hydrogen-bond donors (Lipinski definition) is 2. The predicted molar refractivity (Wildman–Crippen MR) is 134 cm³/mol. The summed E-state index contributed by atoms with van der Waals surface area (Å²) in [5.41, 5.74) is 3.26. The van der Waals surface area contributed by atoms with E-state index in [2.05, 4.69) is 15.6 Å². The highest BCUT2D eigenvalue weighted by Crippen LogP contribution is 2.23. The van der Waals surface area contributed by atoms with Crippen molar-refractivity contribution in [2.24, 2.45) is 0 Å². The van der Waals surface area contributed by atoms with Gasteiger partial charge in [-0.25, -0.2) is 9.37 Å². The van der Waals surface area contributed by atoms with Crippen LogP contribution in [-0.4, -0.2) is 40.6 Å². The molecule has 1 heterocycles. The van der Waals surface area contributed by atoms with Gasteiger partial charge in [0.25, 0.3) is 11.8 Å². The Morgan fingerprint density at radius 2 is 1.63 bits per heavy atom. The Hall–Kier alpha value is -4.04. The number of methoxy groups -OCH3 is 1. The second-order valence-electron chi connectivity index (χ2n) is 8.85. The van der Waals surface area contributed by atoms with E-state index in [9.17, 15) is 14.0 Å². The van der Waals surface area contributed by atoms with Crippen molar-refractivity contribution in [3.63, 3.8) is 0 Å². The van der Waals surface area contributed by atoms with Crippen LogP contribution >= 0.6 is 0 Å². The van der Waals surface area contributed by atoms with E-state index in [1.54, 1.807) is 61.7 Å². The van der Waals surface area contributed by atoms with Crippen LogP contribution in [0.25, 0.3) is 16.7 Å². The minimum absolute atomic E-state index is 0.220. The molecule has 35 heavy (non-hydrogen) atoms. The number of fused-ring (bicyclic) bond motifs is 1. The van der Waals surface area contributed by atoms with E-state index in [1.807, 2.05) is 25.3 Å². The Bertz CT molecular complexity index is 1380. The highest BCUT2D eigenvalue weighted by Gasteiger charge is 2.18. The molecule has 1 aromatic heterocycles. The average Bonchev–Trinajstić information content (AvgIpc) is 3.18. The van der Waals surface area contributed by atoms with Crippen molar-refractivity contribution >= 4 is 28.5 Å². The van der Waals surface area contributed by atoms with E-state index in [1.165, 1.54) is 12.1 Å². The molecule has 0 atom stereocenters. The summed E-state index contributed by atoms with van der Waals surface area (Å²) in [6, 6.07) is 18.0. The Kier molecular flexibility index (Phi) is 6.66. The summed E-state index contributed by atoms with van der Waals surface area (Å²) >= 11 is 0. The van der Waals surface area contributed by atoms with E-state index < -0.39 is 5.60 Å². The van der Waals surface area contributed by atoms with Crippen LogP contribution in [0, 0.1) is 12.7 Å². The molecule has 0 saturated heterocycles. The first kappa shape index (κ1) is 24.1. The minimum Gasteiger partial charge on any atom is -0.377 e. The number of imidazole rings is 1. The first-order valence-corrected chi connectivity index (χ1v) is 11.2. The summed E-state index contributed by atoms with van der Waals surface area (Å²) in [6.07, 6.45) is 0. The zero-order valence-corrected chi connectivity index (χ0v) is 20.1. The number of amides is 2. The Morgan fingerprint density at radius 3 is 2.29 bits per heavy atom. The number of nitrogens with zero attached hydrogens (tertiary/aromatic N) is 2. The van der Waals surface area contributed by atoms with Crippen molar-refractivity contribution in [2.45, 2.75) is 26.4 Å². The lowest BCUT2D eigenvalue weighted by molar-refractivity contribution is 0.0229. The Balaban J connectivity index is 1.50. The molecular weight excluding hydrogens is 447 g/mol. The number of carbonyl (C=O) groups is 2. The largest absolute Gasteiger partial charge is 0.377 e. The molecule has 0 radical (unpaired) electrons. The number of benzene rings is 3. The fourth-order valence-electron chi connectivity index (χ4n) is 3.63. The molecule has 4 aromatic rings. The highest BCUT2D eigenvalue weighted by atomic mass is 19.1. The average molecular weight is 475 g/mol. The molecule has 0 unspecified atom stereocenters. The molecule has 4 rings (SSSR count). The summed E-state index contributed by atoms with van der Waals surface area (Å²) in [6.45, 7) is 6.00. The summed E-state index contributed by atoms with van der Waals surface area (Å²) < 4.78 is 20.6. The second-order valence-corrected chi connectivity index (χ2v) is 8.85. The number of ether oxygens (including phenoxy) is 1. The molecule has 2 N–H and O–H groups in total. The molecule has 7 nitrogen and oxygen atoms in total. The number of aromatic nitrogens is 2. The van der Waals surface area contributed by atoms with Gasteiger partial charge in [-0.05, 0) is 87.5 Å². The lowest BCUT2D eigenvalue weighted by Crippen LogP contribution is -2.39. The summed E-state index contributed by atoms with van der Waals surface area (Å²) in [7, 11) is 1.60. The molecule has 0 bridgehead atoms. The molecule has 0 aliphatic heterocycles. The van der Waals surface area contributed by atoms with Crippen LogP contribution in [-0.2, 0) is 4.74 Å². The first-order valence-electron chi connectivity index (χ1n) is 11.2. The number of nitrogens with one attached hydrogen (secondary N) is 2. The third-order valence-corrected chi connectivity index (χ3v) is 5.80. The van der Waals surface area contributed by atoms with Gasteiger partial charge < -0.3 is 15.4 Å². The van der Waals surface area contributed by atoms with Crippen LogP contribution < -0.4 is 10.6 Å². The zero-order chi connectivity index (χ0) is 25.2. The lowest BCUT2D eigenvalue weighted by Gasteiger charge is -2.23. The third-order valence-electron chi connectivity index (χ3n) is 5.80. The van der Waals surface area contributed by atoms with E-state index in [0.29, 0.717) is 23.4 Å². The van der Waals surface area contributed by atoms with Crippen LogP contribution in [0.3, 0.4) is 0 Å². The van der Waals surface area contributed by atoms with Gasteiger partial charge in [-0.1, -0.05) is 0 Å². The van der Waals surface area contributed by atoms with Gasteiger partial charge in [0, 0.05) is 36.2 Å². The standard InChI is InChI=1S/C27H27FN4O3/c1-17-30-23-14-7-19(15-24(23)32(17)22-12-8-20(28)9-13-22)26(34)31-21-10-5-18(6-11-21)25(33)29-16-27(2,3)35-4/h5-15H,16H2,1-4H3,(H,29,33)(H,31,34). The van der Waals surface area contributed by atoms with Crippen molar-refractivity contribution in [2.75, 3.05) is 19.0 Å². The molecule has 8 heteroatoms. The molecule has 0 fully saturated rings. The normalized spacial score (nSPS) is 11.5. The molecule has 2 amide bonds. The van der Waals surface area contributed by atoms with Crippen molar-refractivity contribution in [1.82, 2.24) is 14.9 Å². The van der Waals surface area contributed by atoms with Gasteiger partial charge in [-0.3, -0.25) is 14.2 Å². The summed E-state index contributed by atoms with van der Waals surface area (Å²) in [5.74, 6) is -0.108. The van der Waals surface area contributed by atoms with E-state index in [4.69, 9.17) is 4.74 Å². The maximum atomic E-state index is 13.4.